The van der Waals surface area contributed by atoms with Gasteiger partial charge in [-0.25, -0.2) is 0 Å². The standard InChI is InChI=1S/C24H36F3N5O2S/c1-5-34-21(33)13-17(4)18-9-10-20(32(15-16(2)3)12-8-6-7-11-28)19(14-18)29-23-30-22(31-35-23)24(25,26)27/h9-10,14,16-17H,5-8,11-13,15,28H2,1-4H3,(H,29,30,31)/t17-/m1/s1. The first-order valence-corrected chi connectivity index (χ1v) is 12.7. The van der Waals surface area contributed by atoms with E-state index in [2.05, 4.69) is 33.4 Å². The lowest BCUT2D eigenvalue weighted by Crippen LogP contribution is -2.29. The fourth-order valence-corrected chi connectivity index (χ4v) is 4.30. The van der Waals surface area contributed by atoms with Crippen LogP contribution in [-0.4, -0.2) is 41.6 Å². The normalized spacial score (nSPS) is 12.6. The minimum Gasteiger partial charge on any atom is -0.466 e. The Morgan fingerprint density at radius 1 is 1.23 bits per heavy atom. The lowest BCUT2D eigenvalue weighted by atomic mass is 9.96. The Bertz CT molecular complexity index is 936. The molecule has 0 amide bonds. The smallest absolute Gasteiger partial charge is 0.452 e. The maximum atomic E-state index is 13.0. The van der Waals surface area contributed by atoms with Crippen LogP contribution in [0.5, 0.6) is 0 Å². The molecule has 0 aliphatic rings. The number of anilines is 3. The van der Waals surface area contributed by atoms with Crippen molar-refractivity contribution in [3.05, 3.63) is 29.6 Å². The van der Waals surface area contributed by atoms with Gasteiger partial charge < -0.3 is 20.7 Å². The Balaban J connectivity index is 2.40. The molecule has 2 rings (SSSR count). The van der Waals surface area contributed by atoms with Gasteiger partial charge in [-0.2, -0.15) is 22.5 Å². The van der Waals surface area contributed by atoms with Crippen molar-refractivity contribution >= 4 is 34.0 Å². The quantitative estimate of drug-likeness (QED) is 0.237. The number of hydrogen-bond donors (Lipinski definition) is 2. The van der Waals surface area contributed by atoms with Crippen molar-refractivity contribution in [1.82, 2.24) is 9.36 Å². The van der Waals surface area contributed by atoms with Crippen LogP contribution in [0.2, 0.25) is 0 Å². The Morgan fingerprint density at radius 2 is 1.97 bits per heavy atom. The van der Waals surface area contributed by atoms with Crippen molar-refractivity contribution < 1.29 is 22.7 Å². The van der Waals surface area contributed by atoms with Gasteiger partial charge in [-0.3, -0.25) is 4.79 Å². The largest absolute Gasteiger partial charge is 0.466 e. The number of aromatic nitrogens is 2. The van der Waals surface area contributed by atoms with Crippen LogP contribution in [0.3, 0.4) is 0 Å². The summed E-state index contributed by atoms with van der Waals surface area (Å²) in [5.41, 5.74) is 7.99. The van der Waals surface area contributed by atoms with Gasteiger partial charge in [0.05, 0.1) is 24.4 Å². The summed E-state index contributed by atoms with van der Waals surface area (Å²) in [5, 5.41) is 3.12. The number of alkyl halides is 3. The van der Waals surface area contributed by atoms with Gasteiger partial charge in [0.1, 0.15) is 0 Å². The van der Waals surface area contributed by atoms with Gasteiger partial charge in [0, 0.05) is 24.6 Å². The van der Waals surface area contributed by atoms with Crippen molar-refractivity contribution in [2.45, 2.75) is 65.5 Å². The number of rotatable bonds is 14. The van der Waals surface area contributed by atoms with Gasteiger partial charge in [0.25, 0.3) is 0 Å². The fraction of sp³-hybridized carbons (Fsp3) is 0.625. The molecule has 196 valence electrons. The lowest BCUT2D eigenvalue weighted by molar-refractivity contribution is -0.144. The average molecular weight is 516 g/mol. The molecule has 11 heteroatoms. The Labute approximate surface area is 209 Å². The molecule has 0 spiro atoms. The van der Waals surface area contributed by atoms with Crippen molar-refractivity contribution in [3.8, 4) is 0 Å². The molecule has 0 saturated carbocycles. The first-order chi connectivity index (χ1) is 16.5. The fourth-order valence-electron chi connectivity index (χ4n) is 3.70. The van der Waals surface area contributed by atoms with Gasteiger partial charge in [-0.05, 0) is 55.8 Å². The van der Waals surface area contributed by atoms with Gasteiger partial charge >= 0.3 is 12.1 Å². The van der Waals surface area contributed by atoms with Gasteiger partial charge in [-0.1, -0.05) is 33.3 Å². The zero-order valence-electron chi connectivity index (χ0n) is 20.8. The van der Waals surface area contributed by atoms with Crippen molar-refractivity contribution in [2.75, 3.05) is 36.5 Å². The second-order valence-electron chi connectivity index (χ2n) is 8.92. The van der Waals surface area contributed by atoms with E-state index < -0.39 is 12.0 Å². The van der Waals surface area contributed by atoms with E-state index in [4.69, 9.17) is 10.5 Å². The summed E-state index contributed by atoms with van der Waals surface area (Å²) in [6.07, 6.45) is -1.52. The van der Waals surface area contributed by atoms with Crippen LogP contribution >= 0.6 is 11.5 Å². The Morgan fingerprint density at radius 3 is 2.57 bits per heavy atom. The summed E-state index contributed by atoms with van der Waals surface area (Å²) in [7, 11) is 0. The van der Waals surface area contributed by atoms with Gasteiger partial charge in [0.15, 0.2) is 0 Å². The van der Waals surface area contributed by atoms with E-state index in [-0.39, 0.29) is 23.4 Å². The SMILES string of the molecule is CCOC(=O)C[C@@H](C)c1ccc(N(CCCCCN)CC(C)C)c(Nc2nc(C(F)(F)F)ns2)c1. The molecule has 0 saturated heterocycles. The van der Waals surface area contributed by atoms with E-state index in [1.54, 1.807) is 6.92 Å². The molecule has 0 aliphatic carbocycles. The molecule has 1 aromatic carbocycles. The summed E-state index contributed by atoms with van der Waals surface area (Å²) < 4.78 is 47.6. The maximum Gasteiger partial charge on any atom is 0.452 e. The van der Waals surface area contributed by atoms with Crippen LogP contribution in [0, 0.1) is 5.92 Å². The zero-order chi connectivity index (χ0) is 26.0. The Kier molecular flexibility index (Phi) is 11.2. The molecule has 35 heavy (non-hydrogen) atoms. The first-order valence-electron chi connectivity index (χ1n) is 12.0. The molecule has 2 aromatic rings. The number of halogens is 3. The minimum absolute atomic E-state index is 0.0569. The molecule has 0 fully saturated rings. The Hall–Kier alpha value is -2.40. The third-order valence-corrected chi connectivity index (χ3v) is 5.98. The molecule has 0 aliphatic heterocycles. The lowest BCUT2D eigenvalue weighted by Gasteiger charge is -2.29. The number of nitrogens with two attached hydrogens (primary N) is 1. The summed E-state index contributed by atoms with van der Waals surface area (Å²) in [5.74, 6) is -1.22. The summed E-state index contributed by atoms with van der Waals surface area (Å²) in [6, 6.07) is 5.79. The molecular formula is C24H36F3N5O2S. The third-order valence-electron chi connectivity index (χ3n) is 5.35. The summed E-state index contributed by atoms with van der Waals surface area (Å²) in [4.78, 5) is 17.9. The average Bonchev–Trinajstić information content (AvgIpc) is 3.25. The molecule has 0 unspecified atom stereocenters. The molecule has 0 radical (unpaired) electrons. The van der Waals surface area contributed by atoms with E-state index in [0.29, 0.717) is 36.3 Å². The van der Waals surface area contributed by atoms with Crippen LogP contribution in [0.4, 0.5) is 29.7 Å². The molecular weight excluding hydrogens is 479 g/mol. The number of carbonyl (C=O) groups is 1. The van der Waals surface area contributed by atoms with E-state index in [1.165, 1.54) is 0 Å². The van der Waals surface area contributed by atoms with E-state index >= 15 is 0 Å². The highest BCUT2D eigenvalue weighted by molar-refractivity contribution is 7.09. The summed E-state index contributed by atoms with van der Waals surface area (Å²) in [6.45, 7) is 10.4. The summed E-state index contributed by atoms with van der Waals surface area (Å²) >= 11 is 0.663. The van der Waals surface area contributed by atoms with Crippen molar-refractivity contribution in [1.29, 1.82) is 0 Å². The molecule has 1 heterocycles. The number of nitrogens with zero attached hydrogens (tertiary/aromatic N) is 3. The van der Waals surface area contributed by atoms with Gasteiger partial charge in [0.2, 0.25) is 11.0 Å². The van der Waals surface area contributed by atoms with E-state index in [1.807, 2.05) is 25.1 Å². The minimum atomic E-state index is -4.61. The molecule has 1 atom stereocenters. The monoisotopic (exact) mass is 515 g/mol. The van der Waals surface area contributed by atoms with Crippen LogP contribution in [0.25, 0.3) is 0 Å². The molecule has 0 bridgehead atoms. The van der Waals surface area contributed by atoms with Crippen LogP contribution in [0.15, 0.2) is 18.2 Å². The number of unbranched alkanes of at least 4 members (excludes halogenated alkanes) is 2. The highest BCUT2D eigenvalue weighted by Crippen LogP contribution is 2.36. The number of hydrogen-bond acceptors (Lipinski definition) is 8. The molecule has 3 N–H and O–H groups in total. The van der Waals surface area contributed by atoms with E-state index in [9.17, 15) is 18.0 Å². The molecule has 7 nitrogen and oxygen atoms in total. The zero-order valence-corrected chi connectivity index (χ0v) is 21.6. The van der Waals surface area contributed by atoms with Crippen LogP contribution < -0.4 is 16.0 Å². The van der Waals surface area contributed by atoms with Gasteiger partial charge in [-0.15, -0.1) is 0 Å². The second-order valence-corrected chi connectivity index (χ2v) is 9.67. The third kappa shape index (κ3) is 9.29. The van der Waals surface area contributed by atoms with Crippen LogP contribution in [-0.2, 0) is 15.7 Å². The number of carbonyl (C=O) groups excluding carboxylic acids is 1. The van der Waals surface area contributed by atoms with Crippen molar-refractivity contribution in [3.63, 3.8) is 0 Å². The molecule has 1 aromatic heterocycles. The number of benzene rings is 1. The second kappa shape index (κ2) is 13.6. The highest BCUT2D eigenvalue weighted by atomic mass is 32.1. The first kappa shape index (κ1) is 28.8. The van der Waals surface area contributed by atoms with Crippen molar-refractivity contribution in [2.24, 2.45) is 11.7 Å². The number of nitrogens with one attached hydrogen (secondary N) is 1. The van der Waals surface area contributed by atoms with Crippen LogP contribution in [0.1, 0.15) is 70.7 Å². The maximum absolute atomic E-state index is 13.0. The van der Waals surface area contributed by atoms with E-state index in [0.717, 1.165) is 43.6 Å². The topological polar surface area (TPSA) is 93.4 Å². The number of esters is 1. The predicted molar refractivity (Wildman–Crippen MR) is 134 cm³/mol. The highest BCUT2D eigenvalue weighted by Gasteiger charge is 2.36. The number of ether oxygens (including phenoxy) is 1. The predicted octanol–water partition coefficient (Wildman–Crippen LogP) is 5.95.